The Bertz CT molecular complexity index is 525. The number of aliphatic hydroxyl groups is 1. The van der Waals surface area contributed by atoms with Gasteiger partial charge in [0.15, 0.2) is 0 Å². The van der Waals surface area contributed by atoms with Gasteiger partial charge in [0.05, 0.1) is 5.60 Å². The fraction of sp³-hybridized carbons (Fsp3) is 0.667. The molecule has 1 aromatic rings. The van der Waals surface area contributed by atoms with E-state index in [1.165, 1.54) is 6.20 Å². The molecule has 21 heavy (non-hydrogen) atoms. The van der Waals surface area contributed by atoms with Gasteiger partial charge < -0.3 is 5.11 Å². The topological polar surface area (TPSA) is 36.4 Å². The Morgan fingerprint density at radius 2 is 1.86 bits per heavy atom. The Labute approximate surface area is 122 Å². The highest BCUT2D eigenvalue weighted by Crippen LogP contribution is 2.36. The number of alkyl halides is 3. The summed E-state index contributed by atoms with van der Waals surface area (Å²) in [6, 6.07) is 1.59. The van der Waals surface area contributed by atoms with Gasteiger partial charge in [-0.05, 0) is 23.5 Å². The van der Waals surface area contributed by atoms with Gasteiger partial charge in [-0.3, -0.25) is 9.88 Å². The Kier molecular flexibility index (Phi) is 3.83. The summed E-state index contributed by atoms with van der Waals surface area (Å²) in [5.41, 5.74) is -1.18. The van der Waals surface area contributed by atoms with E-state index in [1.807, 2.05) is 4.90 Å². The van der Waals surface area contributed by atoms with Gasteiger partial charge in [-0.2, -0.15) is 13.2 Å². The van der Waals surface area contributed by atoms with Crippen LogP contribution in [0.3, 0.4) is 0 Å². The van der Waals surface area contributed by atoms with Gasteiger partial charge in [-0.1, -0.05) is 26.8 Å². The van der Waals surface area contributed by atoms with E-state index in [9.17, 15) is 18.3 Å². The van der Waals surface area contributed by atoms with Crippen LogP contribution in [0.4, 0.5) is 13.2 Å². The zero-order valence-electron chi connectivity index (χ0n) is 12.8. The van der Waals surface area contributed by atoms with Crippen LogP contribution in [0, 0.1) is 0 Å². The number of pyridine rings is 1. The summed E-state index contributed by atoms with van der Waals surface area (Å²) in [4.78, 5) is 5.63. The largest absolute Gasteiger partial charge is 0.433 e. The fourth-order valence-electron chi connectivity index (χ4n) is 2.68. The number of nitrogens with zero attached hydrogens (tertiary/aromatic N) is 2. The molecule has 0 saturated carbocycles. The zero-order chi connectivity index (χ0) is 16.1. The smallest absolute Gasteiger partial charge is 0.388 e. The molecule has 2 heterocycles. The maximum Gasteiger partial charge on any atom is 0.433 e. The van der Waals surface area contributed by atoms with E-state index in [-0.39, 0.29) is 5.56 Å². The number of halogens is 3. The summed E-state index contributed by atoms with van der Waals surface area (Å²) in [6.07, 6.45) is -3.16. The molecule has 0 unspecified atom stereocenters. The standard InChI is InChI=1S/C15H21F3N2O/c1-13(2,3)11-5-10(6-19-12(11)15(16,17)18)7-20-8-14(4,21)9-20/h5-6,21H,7-9H2,1-4H3. The second-order valence-electron chi connectivity index (χ2n) is 7.13. The summed E-state index contributed by atoms with van der Waals surface area (Å²) in [5, 5.41) is 9.69. The van der Waals surface area contributed by atoms with E-state index < -0.39 is 22.9 Å². The molecule has 6 heteroatoms. The minimum Gasteiger partial charge on any atom is -0.388 e. The molecule has 0 atom stereocenters. The number of hydrogen-bond acceptors (Lipinski definition) is 3. The third-order valence-corrected chi connectivity index (χ3v) is 3.56. The van der Waals surface area contributed by atoms with E-state index in [4.69, 9.17) is 0 Å². The summed E-state index contributed by atoms with van der Waals surface area (Å²) in [5.74, 6) is 0. The second kappa shape index (κ2) is 4.95. The Morgan fingerprint density at radius 3 is 2.29 bits per heavy atom. The van der Waals surface area contributed by atoms with E-state index in [0.29, 0.717) is 19.6 Å². The molecule has 1 fully saturated rings. The van der Waals surface area contributed by atoms with Gasteiger partial charge in [0.2, 0.25) is 0 Å². The third-order valence-electron chi connectivity index (χ3n) is 3.56. The van der Waals surface area contributed by atoms with Crippen molar-refractivity contribution in [2.24, 2.45) is 0 Å². The van der Waals surface area contributed by atoms with Gasteiger partial charge in [0.1, 0.15) is 5.69 Å². The minimum atomic E-state index is -4.44. The fourth-order valence-corrected chi connectivity index (χ4v) is 2.68. The normalized spacial score (nSPS) is 19.4. The second-order valence-corrected chi connectivity index (χ2v) is 7.13. The third kappa shape index (κ3) is 3.74. The van der Waals surface area contributed by atoms with Crippen LogP contribution >= 0.6 is 0 Å². The van der Waals surface area contributed by atoms with Crippen molar-refractivity contribution >= 4 is 0 Å². The van der Waals surface area contributed by atoms with Crippen molar-refractivity contribution in [2.75, 3.05) is 13.1 Å². The molecule has 0 aromatic carbocycles. The lowest BCUT2D eigenvalue weighted by Gasteiger charge is -2.44. The summed E-state index contributed by atoms with van der Waals surface area (Å²) < 4.78 is 39.1. The minimum absolute atomic E-state index is 0.208. The molecule has 1 saturated heterocycles. The van der Waals surface area contributed by atoms with Crippen LogP contribution < -0.4 is 0 Å². The quantitative estimate of drug-likeness (QED) is 0.912. The number of aromatic nitrogens is 1. The van der Waals surface area contributed by atoms with Crippen molar-refractivity contribution in [3.8, 4) is 0 Å². The number of rotatable bonds is 2. The van der Waals surface area contributed by atoms with Crippen LogP contribution in [0.2, 0.25) is 0 Å². The molecular formula is C15H21F3N2O. The van der Waals surface area contributed by atoms with Crippen LogP contribution in [0.5, 0.6) is 0 Å². The van der Waals surface area contributed by atoms with Gasteiger partial charge in [-0.25, -0.2) is 0 Å². The maximum atomic E-state index is 13.0. The van der Waals surface area contributed by atoms with Gasteiger partial charge in [0.25, 0.3) is 0 Å². The molecule has 0 aliphatic carbocycles. The van der Waals surface area contributed by atoms with Crippen LogP contribution in [0.25, 0.3) is 0 Å². The highest BCUT2D eigenvalue weighted by atomic mass is 19.4. The van der Waals surface area contributed by atoms with Crippen LogP contribution in [-0.4, -0.2) is 33.7 Å². The molecule has 2 rings (SSSR count). The van der Waals surface area contributed by atoms with Crippen molar-refractivity contribution in [3.05, 3.63) is 29.1 Å². The van der Waals surface area contributed by atoms with Crippen molar-refractivity contribution in [3.63, 3.8) is 0 Å². The molecule has 0 bridgehead atoms. The molecule has 1 aliphatic rings. The molecule has 3 nitrogen and oxygen atoms in total. The molecule has 0 amide bonds. The Balaban J connectivity index is 2.26. The monoisotopic (exact) mass is 302 g/mol. The van der Waals surface area contributed by atoms with E-state index in [0.717, 1.165) is 5.56 Å². The molecule has 0 radical (unpaired) electrons. The van der Waals surface area contributed by atoms with Crippen molar-refractivity contribution in [1.82, 2.24) is 9.88 Å². The van der Waals surface area contributed by atoms with Gasteiger partial charge >= 0.3 is 6.18 Å². The molecule has 118 valence electrons. The summed E-state index contributed by atoms with van der Waals surface area (Å²) in [7, 11) is 0. The first kappa shape index (κ1) is 16.2. The number of β-amino-alcohol motifs (C(OH)–C–C–N with tert-alkyl or cyclic N) is 1. The van der Waals surface area contributed by atoms with Gasteiger partial charge in [0, 0.05) is 25.8 Å². The summed E-state index contributed by atoms with van der Waals surface area (Å²) in [6.45, 7) is 8.55. The predicted octanol–water partition coefficient (Wildman–Crippen LogP) is 2.96. The lowest BCUT2D eigenvalue weighted by Crippen LogP contribution is -2.59. The highest BCUT2D eigenvalue weighted by molar-refractivity contribution is 5.33. The van der Waals surface area contributed by atoms with Crippen molar-refractivity contribution in [1.29, 1.82) is 0 Å². The average molecular weight is 302 g/mol. The van der Waals surface area contributed by atoms with Gasteiger partial charge in [-0.15, -0.1) is 0 Å². The average Bonchev–Trinajstić information content (AvgIpc) is 2.23. The lowest BCUT2D eigenvalue weighted by atomic mass is 9.84. The Hall–Kier alpha value is -1.14. The number of hydrogen-bond donors (Lipinski definition) is 1. The molecule has 1 N–H and O–H groups in total. The molecule has 1 aromatic heterocycles. The van der Waals surface area contributed by atoms with E-state index in [1.54, 1.807) is 33.8 Å². The maximum absolute atomic E-state index is 13.0. The van der Waals surface area contributed by atoms with Crippen molar-refractivity contribution in [2.45, 2.75) is 51.4 Å². The summed E-state index contributed by atoms with van der Waals surface area (Å²) >= 11 is 0. The SMILES string of the molecule is CC1(O)CN(Cc2cnc(C(F)(F)F)c(C(C)(C)C)c2)C1. The highest BCUT2D eigenvalue weighted by Gasteiger charge is 2.39. The van der Waals surface area contributed by atoms with Crippen LogP contribution in [-0.2, 0) is 18.1 Å². The molecule has 0 spiro atoms. The first-order valence-electron chi connectivity index (χ1n) is 6.90. The molecular weight excluding hydrogens is 281 g/mol. The Morgan fingerprint density at radius 1 is 1.29 bits per heavy atom. The van der Waals surface area contributed by atoms with E-state index in [2.05, 4.69) is 4.98 Å². The van der Waals surface area contributed by atoms with Crippen LogP contribution in [0.1, 0.15) is 44.5 Å². The van der Waals surface area contributed by atoms with Crippen molar-refractivity contribution < 1.29 is 18.3 Å². The number of likely N-dealkylation sites (tertiary alicyclic amines) is 1. The van der Waals surface area contributed by atoms with Crippen LogP contribution in [0.15, 0.2) is 12.3 Å². The predicted molar refractivity (Wildman–Crippen MR) is 73.8 cm³/mol. The molecule has 1 aliphatic heterocycles. The first-order chi connectivity index (χ1) is 9.38. The zero-order valence-corrected chi connectivity index (χ0v) is 12.8. The van der Waals surface area contributed by atoms with E-state index >= 15 is 0 Å². The first-order valence-corrected chi connectivity index (χ1v) is 6.90. The lowest BCUT2D eigenvalue weighted by molar-refractivity contribution is -0.142.